The van der Waals surface area contributed by atoms with Crippen molar-refractivity contribution in [2.24, 2.45) is 5.92 Å². The molecular weight excluding hydrogens is 466 g/mol. The molecule has 0 saturated carbocycles. The molecule has 3 aromatic rings. The zero-order valence-corrected chi connectivity index (χ0v) is 23.7. The molecule has 0 fully saturated rings. The normalized spacial score (nSPS) is 16.9. The van der Waals surface area contributed by atoms with E-state index in [0.29, 0.717) is 11.6 Å². The first kappa shape index (κ1) is 25.8. The molecule has 2 unspecified atom stereocenters. The Morgan fingerprint density at radius 1 is 0.743 bits per heavy atom. The van der Waals surface area contributed by atoms with E-state index in [0.717, 1.165) is 6.16 Å². The van der Waals surface area contributed by atoms with Gasteiger partial charge in [0.1, 0.15) is 16.8 Å². The monoisotopic (exact) mass is 502 g/mol. The van der Waals surface area contributed by atoms with E-state index in [1.807, 2.05) is 12.1 Å². The summed E-state index contributed by atoms with van der Waals surface area (Å²) in [6, 6.07) is 14.3. The first-order valence-corrected chi connectivity index (χ1v) is 14.2. The Hall–Kier alpha value is -2.28. The average molecular weight is 503 g/mol. The average Bonchev–Trinajstić information content (AvgIpc) is 3.27. The summed E-state index contributed by atoms with van der Waals surface area (Å²) in [6.45, 7) is 14.3. The third kappa shape index (κ3) is 5.45. The minimum absolute atomic E-state index is 0.220. The molecule has 0 bridgehead atoms. The van der Waals surface area contributed by atoms with E-state index in [-0.39, 0.29) is 24.2 Å². The standard InChI is InChI=1S/C29H36N4P2/c1-27(2,3)35(28(4,5)6)20-23-18-22(21-12-8-7-9-13-21)19-24(23)29(34,25-30-14-10-15-31-25)26-32-16-11-17-33-26/h7-19,23H,20,34H2,1-6H3. The Labute approximate surface area is 213 Å². The van der Waals surface area contributed by atoms with Gasteiger partial charge >= 0.3 is 0 Å². The van der Waals surface area contributed by atoms with Crippen LogP contribution in [-0.2, 0) is 5.16 Å². The van der Waals surface area contributed by atoms with Crippen molar-refractivity contribution in [2.45, 2.75) is 57.0 Å². The number of nitrogens with zero attached hydrogens (tertiary/aromatic N) is 4. The first-order chi connectivity index (χ1) is 16.5. The number of hydrogen-bond acceptors (Lipinski definition) is 4. The van der Waals surface area contributed by atoms with Gasteiger partial charge in [-0.15, -0.1) is 9.24 Å². The summed E-state index contributed by atoms with van der Waals surface area (Å²) in [7, 11) is 2.72. The van der Waals surface area contributed by atoms with Gasteiger partial charge in [0.25, 0.3) is 0 Å². The minimum Gasteiger partial charge on any atom is -0.240 e. The first-order valence-electron chi connectivity index (χ1n) is 12.1. The van der Waals surface area contributed by atoms with Crippen LogP contribution in [0.2, 0.25) is 0 Å². The van der Waals surface area contributed by atoms with Crippen molar-refractivity contribution >= 4 is 22.7 Å². The molecular formula is C29H36N4P2. The molecule has 2 aromatic heterocycles. The third-order valence-electron chi connectivity index (χ3n) is 6.49. The van der Waals surface area contributed by atoms with E-state index in [1.54, 1.807) is 24.8 Å². The van der Waals surface area contributed by atoms with Crippen molar-refractivity contribution in [1.82, 2.24) is 19.9 Å². The number of rotatable bonds is 6. The van der Waals surface area contributed by atoms with Gasteiger partial charge in [0.2, 0.25) is 0 Å². The van der Waals surface area contributed by atoms with Crippen LogP contribution in [0, 0.1) is 5.92 Å². The number of aromatic nitrogens is 4. The van der Waals surface area contributed by atoms with Gasteiger partial charge in [-0.2, -0.15) is 0 Å². The van der Waals surface area contributed by atoms with Gasteiger partial charge in [-0.05, 0) is 45.3 Å². The predicted molar refractivity (Wildman–Crippen MR) is 152 cm³/mol. The van der Waals surface area contributed by atoms with Gasteiger partial charge in [-0.25, -0.2) is 19.9 Å². The molecule has 0 N–H and O–H groups in total. The summed E-state index contributed by atoms with van der Waals surface area (Å²) in [5.74, 6) is 1.62. The lowest BCUT2D eigenvalue weighted by Crippen LogP contribution is -2.34. The van der Waals surface area contributed by atoms with Gasteiger partial charge in [0.15, 0.2) is 0 Å². The van der Waals surface area contributed by atoms with E-state index in [2.05, 4.69) is 93.3 Å². The van der Waals surface area contributed by atoms with Crippen LogP contribution >= 0.6 is 17.2 Å². The molecule has 4 nitrogen and oxygen atoms in total. The Balaban J connectivity index is 1.90. The zero-order valence-electron chi connectivity index (χ0n) is 21.6. The summed E-state index contributed by atoms with van der Waals surface area (Å²) in [5, 5.41) is -0.285. The van der Waals surface area contributed by atoms with Crippen LogP contribution in [0.15, 0.2) is 85.0 Å². The fourth-order valence-electron chi connectivity index (χ4n) is 5.11. The maximum absolute atomic E-state index is 4.71. The fraction of sp³-hybridized carbons (Fsp3) is 0.379. The van der Waals surface area contributed by atoms with Crippen molar-refractivity contribution in [3.05, 3.63) is 102 Å². The van der Waals surface area contributed by atoms with Crippen LogP contribution in [0.4, 0.5) is 0 Å². The summed E-state index contributed by atoms with van der Waals surface area (Å²) in [6.07, 6.45) is 13.1. The molecule has 6 heteroatoms. The van der Waals surface area contributed by atoms with Crippen LogP contribution in [0.25, 0.3) is 5.57 Å². The molecule has 4 rings (SSSR count). The van der Waals surface area contributed by atoms with E-state index >= 15 is 0 Å². The van der Waals surface area contributed by atoms with Crippen molar-refractivity contribution in [3.8, 4) is 0 Å². The Morgan fingerprint density at radius 3 is 1.69 bits per heavy atom. The molecule has 0 saturated heterocycles. The van der Waals surface area contributed by atoms with Gasteiger partial charge in [-0.1, -0.05) is 91.9 Å². The molecule has 1 aliphatic carbocycles. The summed E-state index contributed by atoms with van der Waals surface area (Å²) >= 11 is 0. The molecule has 0 aliphatic heterocycles. The van der Waals surface area contributed by atoms with Gasteiger partial charge in [0.05, 0.1) is 0 Å². The fourth-order valence-corrected chi connectivity index (χ4v) is 9.51. The highest BCUT2D eigenvalue weighted by Gasteiger charge is 2.46. The second-order valence-electron chi connectivity index (χ2n) is 11.1. The molecule has 1 aromatic carbocycles. The second-order valence-corrected chi connectivity index (χ2v) is 15.9. The van der Waals surface area contributed by atoms with Gasteiger partial charge in [-0.3, -0.25) is 0 Å². The SMILES string of the molecule is CC(C)(C)P(CC1C=C(c2ccccc2)C=C1C(P)(c1ncccn1)c1ncccn1)C(C)(C)C. The van der Waals surface area contributed by atoms with Crippen LogP contribution in [-0.4, -0.2) is 36.4 Å². The van der Waals surface area contributed by atoms with E-state index in [9.17, 15) is 0 Å². The highest BCUT2D eigenvalue weighted by molar-refractivity contribution is 7.60. The third-order valence-corrected chi connectivity index (χ3v) is 11.3. The lowest BCUT2D eigenvalue weighted by molar-refractivity contribution is 0.643. The molecule has 2 heterocycles. The molecule has 0 spiro atoms. The quantitative estimate of drug-likeness (QED) is 0.337. The minimum atomic E-state index is -0.725. The zero-order chi connectivity index (χ0) is 25.3. The lowest BCUT2D eigenvalue weighted by atomic mass is 9.88. The Kier molecular flexibility index (Phi) is 7.37. The Morgan fingerprint density at radius 2 is 1.23 bits per heavy atom. The maximum atomic E-state index is 4.71. The van der Waals surface area contributed by atoms with Crippen molar-refractivity contribution in [2.75, 3.05) is 6.16 Å². The number of hydrogen-bond donors (Lipinski definition) is 0. The smallest absolute Gasteiger partial charge is 0.149 e. The predicted octanol–water partition coefficient (Wildman–Crippen LogP) is 7.10. The number of allylic oxidation sites excluding steroid dienone is 4. The maximum Gasteiger partial charge on any atom is 0.149 e. The van der Waals surface area contributed by atoms with Crippen LogP contribution in [0.1, 0.15) is 58.8 Å². The Bertz CT molecular complexity index is 1140. The van der Waals surface area contributed by atoms with E-state index in [1.165, 1.54) is 16.7 Å². The van der Waals surface area contributed by atoms with Crippen molar-refractivity contribution < 1.29 is 0 Å². The highest BCUT2D eigenvalue weighted by atomic mass is 31.1. The van der Waals surface area contributed by atoms with Crippen LogP contribution in [0.3, 0.4) is 0 Å². The molecule has 35 heavy (non-hydrogen) atoms. The summed E-state index contributed by atoms with van der Waals surface area (Å²) in [4.78, 5) is 18.8. The largest absolute Gasteiger partial charge is 0.240 e. The summed E-state index contributed by atoms with van der Waals surface area (Å²) in [5.41, 5.74) is 3.69. The topological polar surface area (TPSA) is 51.6 Å². The van der Waals surface area contributed by atoms with Crippen molar-refractivity contribution in [1.29, 1.82) is 0 Å². The van der Waals surface area contributed by atoms with E-state index in [4.69, 9.17) is 19.9 Å². The molecule has 2 atom stereocenters. The van der Waals surface area contributed by atoms with Crippen LogP contribution < -0.4 is 0 Å². The van der Waals surface area contributed by atoms with Crippen molar-refractivity contribution in [3.63, 3.8) is 0 Å². The molecule has 0 radical (unpaired) electrons. The lowest BCUT2D eigenvalue weighted by Gasteiger charge is -2.44. The second kappa shape index (κ2) is 10.00. The summed E-state index contributed by atoms with van der Waals surface area (Å²) < 4.78 is 0. The number of benzene rings is 1. The van der Waals surface area contributed by atoms with Gasteiger partial charge in [0, 0.05) is 30.7 Å². The van der Waals surface area contributed by atoms with Gasteiger partial charge < -0.3 is 0 Å². The van der Waals surface area contributed by atoms with E-state index < -0.39 is 5.16 Å². The van der Waals surface area contributed by atoms with Crippen LogP contribution in [0.5, 0.6) is 0 Å². The highest BCUT2D eigenvalue weighted by Crippen LogP contribution is 2.62. The molecule has 0 amide bonds. The molecule has 182 valence electrons. The molecule has 1 aliphatic rings.